The molecule has 0 radical (unpaired) electrons. The van der Waals surface area contributed by atoms with Crippen LogP contribution in [0.25, 0.3) is 16.8 Å². The minimum absolute atomic E-state index is 0. The first-order valence-corrected chi connectivity index (χ1v) is 6.60. The molecule has 2 aromatic carbocycles. The third kappa shape index (κ3) is 2.44. The largest absolute Gasteiger partial charge is 1.00 e. The third-order valence-corrected chi connectivity index (χ3v) is 5.03. The first-order chi connectivity index (χ1) is 7.27. The minimum atomic E-state index is 0. The summed E-state index contributed by atoms with van der Waals surface area (Å²) in [5.74, 6) is 0. The van der Waals surface area contributed by atoms with Gasteiger partial charge in [0, 0.05) is 0 Å². The average molecular weight is 327 g/mol. The van der Waals surface area contributed by atoms with Gasteiger partial charge >= 0.3 is 105 Å². The van der Waals surface area contributed by atoms with Crippen LogP contribution >= 0.6 is 0 Å². The average Bonchev–Trinajstić information content (AvgIpc) is 2.56. The van der Waals surface area contributed by atoms with Gasteiger partial charge in [0.05, 0.1) is 0 Å². The number of hydrogen-bond donors (Lipinski definition) is 0. The van der Waals surface area contributed by atoms with Crippen LogP contribution in [0.1, 0.15) is 21.7 Å². The maximum Gasteiger partial charge on any atom is -1.00 e. The van der Waals surface area contributed by atoms with E-state index in [4.69, 9.17) is 0 Å². The smallest absolute Gasteiger partial charge is 1.00 e. The molecule has 0 N–H and O–H groups in total. The van der Waals surface area contributed by atoms with Gasteiger partial charge in [-0.15, -0.1) is 0 Å². The van der Waals surface area contributed by atoms with Crippen molar-refractivity contribution >= 4 is 16.8 Å². The second-order valence-electron chi connectivity index (χ2n) is 4.11. The fraction of sp³-hybridized carbons (Fsp3) is 0.143. The van der Waals surface area contributed by atoms with E-state index >= 15 is 0 Å². The topological polar surface area (TPSA) is 0 Å². The van der Waals surface area contributed by atoms with E-state index in [2.05, 4.69) is 49.4 Å². The van der Waals surface area contributed by atoms with Gasteiger partial charge in [0.15, 0.2) is 0 Å². The maximum atomic E-state index is 2.36. The number of benzene rings is 2. The van der Waals surface area contributed by atoms with Crippen molar-refractivity contribution in [2.24, 2.45) is 0 Å². The Kier molecular flexibility index (Phi) is 6.02. The quantitative estimate of drug-likeness (QED) is 0.454. The van der Waals surface area contributed by atoms with E-state index in [1.165, 1.54) is 27.5 Å². The third-order valence-electron chi connectivity index (χ3n) is 3.14. The molecule has 0 aromatic heterocycles. The molecular formula is C14H11F3Zr. The number of halogens is 3. The van der Waals surface area contributed by atoms with Gasteiger partial charge in [-0.1, -0.05) is 0 Å². The number of hydrogen-bond acceptors (Lipinski definition) is 0. The van der Waals surface area contributed by atoms with Gasteiger partial charge in [-0.05, 0) is 0 Å². The normalized spacial score (nSPS) is 15.9. The van der Waals surface area contributed by atoms with Crippen LogP contribution in [0.3, 0.4) is 0 Å². The van der Waals surface area contributed by atoms with Crippen molar-refractivity contribution in [3.63, 3.8) is 0 Å². The predicted octanol–water partition coefficient (Wildman–Crippen LogP) is -5.14. The molecule has 0 bridgehead atoms. The van der Waals surface area contributed by atoms with Gasteiger partial charge < -0.3 is 14.1 Å². The Morgan fingerprint density at radius 3 is 2.33 bits per heavy atom. The fourth-order valence-corrected chi connectivity index (χ4v) is 3.11. The molecule has 0 amide bonds. The standard InChI is InChI=1S/C14H11.3FH.Zr/c1-10-8-12-7-6-11-4-2-3-5-13(11)14(12)9-10;;;;/h2-9H,1H3;3*1H;/q;;;;+3/p-3. The van der Waals surface area contributed by atoms with Gasteiger partial charge in [-0.3, -0.25) is 0 Å². The molecular weight excluding hydrogens is 316 g/mol. The number of rotatable bonds is 0. The summed E-state index contributed by atoms with van der Waals surface area (Å²) in [6, 6.07) is 13.2. The molecule has 0 heterocycles. The van der Waals surface area contributed by atoms with Crippen molar-refractivity contribution in [1.29, 1.82) is 0 Å². The Hall–Kier alpha value is -0.887. The molecule has 3 rings (SSSR count). The number of allylic oxidation sites excluding steroid dienone is 1. The summed E-state index contributed by atoms with van der Waals surface area (Å²) in [6.07, 6.45) is 2.36. The van der Waals surface area contributed by atoms with Crippen LogP contribution < -0.4 is 14.1 Å². The summed E-state index contributed by atoms with van der Waals surface area (Å²) in [4.78, 5) is 0. The Morgan fingerprint density at radius 2 is 1.61 bits per heavy atom. The van der Waals surface area contributed by atoms with E-state index in [1.54, 1.807) is 24.7 Å². The molecule has 0 saturated heterocycles. The van der Waals surface area contributed by atoms with Gasteiger partial charge in [0.2, 0.25) is 0 Å². The Bertz CT molecular complexity index is 578. The second kappa shape index (κ2) is 6.33. The molecule has 2 aromatic rings. The van der Waals surface area contributed by atoms with Crippen molar-refractivity contribution in [2.45, 2.75) is 10.5 Å². The zero-order valence-electron chi connectivity index (χ0n) is 9.75. The van der Waals surface area contributed by atoms with E-state index in [-0.39, 0.29) is 14.1 Å². The van der Waals surface area contributed by atoms with E-state index < -0.39 is 0 Å². The SMILES string of the molecule is CC1=Cc2c(ccc3ccccc23)[CH]1[Zr+3].[F-].[F-].[F-]. The van der Waals surface area contributed by atoms with Crippen molar-refractivity contribution in [3.05, 3.63) is 53.1 Å². The van der Waals surface area contributed by atoms with Gasteiger partial charge in [0.25, 0.3) is 0 Å². The summed E-state index contributed by atoms with van der Waals surface area (Å²) in [7, 11) is 0. The summed E-state index contributed by atoms with van der Waals surface area (Å²) in [5.41, 5.74) is 4.48. The molecule has 4 heteroatoms. The van der Waals surface area contributed by atoms with Gasteiger partial charge in [-0.2, -0.15) is 0 Å². The fourth-order valence-electron chi connectivity index (χ4n) is 2.28. The van der Waals surface area contributed by atoms with Gasteiger partial charge in [0.1, 0.15) is 0 Å². The predicted molar refractivity (Wildman–Crippen MR) is 60.3 cm³/mol. The van der Waals surface area contributed by atoms with Crippen LogP contribution in [0.2, 0.25) is 0 Å². The van der Waals surface area contributed by atoms with Crippen LogP contribution in [0.5, 0.6) is 0 Å². The molecule has 0 aliphatic heterocycles. The molecule has 1 unspecified atom stereocenters. The van der Waals surface area contributed by atoms with Crippen molar-refractivity contribution < 1.29 is 38.8 Å². The Morgan fingerprint density at radius 1 is 0.944 bits per heavy atom. The van der Waals surface area contributed by atoms with Crippen molar-refractivity contribution in [1.82, 2.24) is 0 Å². The minimum Gasteiger partial charge on any atom is -1.00 e. The van der Waals surface area contributed by atoms with E-state index in [0.717, 1.165) is 0 Å². The molecule has 0 fully saturated rings. The zero-order valence-corrected chi connectivity index (χ0v) is 12.2. The molecule has 1 aliphatic carbocycles. The zero-order chi connectivity index (χ0) is 10.4. The van der Waals surface area contributed by atoms with Crippen LogP contribution in [-0.2, 0) is 24.7 Å². The van der Waals surface area contributed by atoms with Crippen LogP contribution in [0, 0.1) is 0 Å². The maximum absolute atomic E-state index is 2.36. The number of fused-ring (bicyclic) bond motifs is 3. The monoisotopic (exact) mass is 326 g/mol. The second-order valence-corrected chi connectivity index (χ2v) is 5.53. The first kappa shape index (κ1) is 17.1. The van der Waals surface area contributed by atoms with Crippen LogP contribution in [0.15, 0.2) is 42.0 Å². The molecule has 0 nitrogen and oxygen atoms in total. The first-order valence-electron chi connectivity index (χ1n) is 5.18. The molecule has 92 valence electrons. The van der Waals surface area contributed by atoms with Crippen LogP contribution in [0.4, 0.5) is 0 Å². The summed E-state index contributed by atoms with van der Waals surface area (Å²) < 4.78 is 0.678. The summed E-state index contributed by atoms with van der Waals surface area (Å²) in [5, 5.41) is 2.75. The molecule has 1 aliphatic rings. The van der Waals surface area contributed by atoms with Crippen molar-refractivity contribution in [3.8, 4) is 0 Å². The molecule has 18 heavy (non-hydrogen) atoms. The van der Waals surface area contributed by atoms with Crippen LogP contribution in [-0.4, -0.2) is 0 Å². The summed E-state index contributed by atoms with van der Waals surface area (Å²) in [6.45, 7) is 2.24. The Balaban J connectivity index is 0.000000963. The molecule has 0 saturated carbocycles. The van der Waals surface area contributed by atoms with E-state index in [1.807, 2.05) is 0 Å². The van der Waals surface area contributed by atoms with Crippen molar-refractivity contribution in [2.75, 3.05) is 0 Å². The molecule has 0 spiro atoms. The van der Waals surface area contributed by atoms with E-state index in [0.29, 0.717) is 3.63 Å². The summed E-state index contributed by atoms with van der Waals surface area (Å²) >= 11 is 1.60. The Labute approximate surface area is 119 Å². The van der Waals surface area contributed by atoms with E-state index in [9.17, 15) is 0 Å². The van der Waals surface area contributed by atoms with Gasteiger partial charge in [-0.25, -0.2) is 0 Å². The molecule has 1 atom stereocenters.